The Bertz CT molecular complexity index is 280. The zero-order chi connectivity index (χ0) is 12.3. The summed E-state index contributed by atoms with van der Waals surface area (Å²) in [4.78, 5) is 8.00. The van der Waals surface area contributed by atoms with Gasteiger partial charge in [0.15, 0.2) is 0 Å². The minimum absolute atomic E-state index is 0.0863. The van der Waals surface area contributed by atoms with Crippen molar-refractivity contribution in [2.24, 2.45) is 0 Å². The van der Waals surface area contributed by atoms with Gasteiger partial charge in [0.1, 0.15) is 6.79 Å². The Morgan fingerprint density at radius 2 is 1.73 bits per heavy atom. The predicted octanol–water partition coefficient (Wildman–Crippen LogP) is 3.05. The molecular formula is C13H20O2. The van der Waals surface area contributed by atoms with E-state index in [1.54, 1.807) is 0 Å². The van der Waals surface area contributed by atoms with Crippen LogP contribution in [0.4, 0.5) is 0 Å². The van der Waals surface area contributed by atoms with Crippen molar-refractivity contribution in [3.63, 3.8) is 0 Å². The Hall–Kier alpha value is -1.41. The fourth-order valence-corrected chi connectivity index (χ4v) is 1.07. The second-order valence-electron chi connectivity index (χ2n) is 2.60. The summed E-state index contributed by atoms with van der Waals surface area (Å²) in [5.41, 5.74) is 2.99. The van der Waals surface area contributed by atoms with Crippen molar-refractivity contribution in [1.29, 1.82) is 0 Å². The first-order valence-electron chi connectivity index (χ1n) is 4.89. The first kappa shape index (κ1) is 16.0. The lowest BCUT2D eigenvalue weighted by molar-refractivity contribution is -0.0979. The minimum atomic E-state index is 0.0863. The molecule has 0 aliphatic carbocycles. The van der Waals surface area contributed by atoms with Crippen molar-refractivity contribution in [2.75, 3.05) is 0 Å². The summed E-state index contributed by atoms with van der Waals surface area (Å²) in [6.07, 6.45) is 0. The SMILES string of the molecule is C=C(C)c1ccccc1CO.C=O.CC. The quantitative estimate of drug-likeness (QED) is 0.811. The third kappa shape index (κ3) is 5.81. The lowest BCUT2D eigenvalue weighted by atomic mass is 10.0. The molecule has 0 heterocycles. The van der Waals surface area contributed by atoms with E-state index in [-0.39, 0.29) is 6.61 Å². The molecule has 2 nitrogen and oxygen atoms in total. The van der Waals surface area contributed by atoms with Gasteiger partial charge < -0.3 is 9.90 Å². The Morgan fingerprint density at radius 1 is 1.27 bits per heavy atom. The second kappa shape index (κ2) is 10.7. The van der Waals surface area contributed by atoms with Gasteiger partial charge in [-0.05, 0) is 18.1 Å². The van der Waals surface area contributed by atoms with Crippen molar-refractivity contribution in [3.05, 3.63) is 42.0 Å². The van der Waals surface area contributed by atoms with Gasteiger partial charge in [0.05, 0.1) is 6.61 Å². The number of aliphatic hydroxyl groups excluding tert-OH is 1. The van der Waals surface area contributed by atoms with E-state index in [1.165, 1.54) is 0 Å². The average Bonchev–Trinajstić information content (AvgIpc) is 2.34. The van der Waals surface area contributed by atoms with Gasteiger partial charge >= 0.3 is 0 Å². The van der Waals surface area contributed by atoms with Crippen LogP contribution in [0.2, 0.25) is 0 Å². The maximum atomic E-state index is 8.93. The maximum absolute atomic E-state index is 8.93. The van der Waals surface area contributed by atoms with E-state index in [0.717, 1.165) is 16.7 Å². The third-order valence-corrected chi connectivity index (χ3v) is 1.65. The molecule has 1 aromatic rings. The molecule has 0 aliphatic rings. The van der Waals surface area contributed by atoms with Crippen molar-refractivity contribution < 1.29 is 9.90 Å². The first-order valence-corrected chi connectivity index (χ1v) is 4.89. The second-order valence-corrected chi connectivity index (χ2v) is 2.60. The summed E-state index contributed by atoms with van der Waals surface area (Å²) >= 11 is 0. The number of hydrogen-bond donors (Lipinski definition) is 1. The molecule has 0 bridgehead atoms. The zero-order valence-electron chi connectivity index (χ0n) is 9.79. The molecule has 0 saturated carbocycles. The van der Waals surface area contributed by atoms with Crippen LogP contribution in [0.15, 0.2) is 30.8 Å². The molecule has 84 valence electrons. The molecule has 0 aromatic heterocycles. The molecular weight excluding hydrogens is 188 g/mol. The van der Waals surface area contributed by atoms with E-state index in [9.17, 15) is 0 Å². The smallest absolute Gasteiger partial charge is 0.106 e. The number of rotatable bonds is 2. The molecule has 0 aliphatic heterocycles. The van der Waals surface area contributed by atoms with E-state index in [1.807, 2.05) is 51.8 Å². The van der Waals surface area contributed by atoms with E-state index < -0.39 is 0 Å². The molecule has 0 atom stereocenters. The van der Waals surface area contributed by atoms with Crippen LogP contribution in [-0.2, 0) is 11.4 Å². The highest BCUT2D eigenvalue weighted by Gasteiger charge is 1.98. The number of allylic oxidation sites excluding steroid dienone is 1. The van der Waals surface area contributed by atoms with Crippen molar-refractivity contribution in [2.45, 2.75) is 27.4 Å². The van der Waals surface area contributed by atoms with E-state index in [2.05, 4.69) is 6.58 Å². The van der Waals surface area contributed by atoms with Crippen LogP contribution < -0.4 is 0 Å². The highest BCUT2D eigenvalue weighted by Crippen LogP contribution is 2.16. The Morgan fingerprint density at radius 3 is 2.07 bits per heavy atom. The van der Waals surface area contributed by atoms with Crippen LogP contribution in [0, 0.1) is 0 Å². The minimum Gasteiger partial charge on any atom is -0.392 e. The summed E-state index contributed by atoms with van der Waals surface area (Å²) in [5, 5.41) is 8.93. The average molecular weight is 208 g/mol. The molecule has 1 N–H and O–H groups in total. The largest absolute Gasteiger partial charge is 0.392 e. The van der Waals surface area contributed by atoms with E-state index in [0.29, 0.717) is 0 Å². The van der Waals surface area contributed by atoms with Gasteiger partial charge in [0.2, 0.25) is 0 Å². The van der Waals surface area contributed by atoms with Crippen molar-refractivity contribution >= 4 is 12.4 Å². The monoisotopic (exact) mass is 208 g/mol. The maximum Gasteiger partial charge on any atom is 0.106 e. The number of carbonyl (C=O) groups excluding carboxylic acids is 1. The highest BCUT2D eigenvalue weighted by molar-refractivity contribution is 5.64. The van der Waals surface area contributed by atoms with Gasteiger partial charge in [-0.1, -0.05) is 50.3 Å². The molecule has 0 unspecified atom stereocenters. The molecule has 15 heavy (non-hydrogen) atoms. The fourth-order valence-electron chi connectivity index (χ4n) is 1.07. The third-order valence-electron chi connectivity index (χ3n) is 1.65. The van der Waals surface area contributed by atoms with Gasteiger partial charge in [-0.15, -0.1) is 0 Å². The van der Waals surface area contributed by atoms with Crippen LogP contribution in [0.1, 0.15) is 31.9 Å². The molecule has 1 rings (SSSR count). The van der Waals surface area contributed by atoms with Gasteiger partial charge in [0, 0.05) is 0 Å². The Kier molecular flexibility index (Phi) is 11.4. The van der Waals surface area contributed by atoms with E-state index >= 15 is 0 Å². The summed E-state index contributed by atoms with van der Waals surface area (Å²) in [6, 6.07) is 7.74. The lowest BCUT2D eigenvalue weighted by Crippen LogP contribution is -1.89. The van der Waals surface area contributed by atoms with Gasteiger partial charge in [-0.25, -0.2) is 0 Å². The zero-order valence-corrected chi connectivity index (χ0v) is 9.79. The van der Waals surface area contributed by atoms with Crippen LogP contribution in [0.5, 0.6) is 0 Å². The Balaban J connectivity index is 0. The van der Waals surface area contributed by atoms with Gasteiger partial charge in [0.25, 0.3) is 0 Å². The van der Waals surface area contributed by atoms with Crippen LogP contribution in [-0.4, -0.2) is 11.9 Å². The topological polar surface area (TPSA) is 37.3 Å². The lowest BCUT2D eigenvalue weighted by Gasteiger charge is -2.04. The van der Waals surface area contributed by atoms with Crippen molar-refractivity contribution in [1.82, 2.24) is 0 Å². The fraction of sp³-hybridized carbons (Fsp3) is 0.308. The van der Waals surface area contributed by atoms with Gasteiger partial charge in [-0.3, -0.25) is 0 Å². The number of aliphatic hydroxyl groups is 1. The molecule has 0 spiro atoms. The molecule has 0 fully saturated rings. The summed E-state index contributed by atoms with van der Waals surface area (Å²) in [6.45, 7) is 11.8. The predicted molar refractivity (Wildman–Crippen MR) is 65.5 cm³/mol. The van der Waals surface area contributed by atoms with Gasteiger partial charge in [-0.2, -0.15) is 0 Å². The number of benzene rings is 1. The molecule has 0 saturated heterocycles. The summed E-state index contributed by atoms with van der Waals surface area (Å²) < 4.78 is 0. The standard InChI is InChI=1S/C10H12O.C2H6.CH2O/c1-8(2)10-6-4-3-5-9(10)7-11;2*1-2/h3-6,11H,1,7H2,2H3;1-2H3;1H2. The number of carbonyl (C=O) groups is 1. The highest BCUT2D eigenvalue weighted by atomic mass is 16.3. The summed E-state index contributed by atoms with van der Waals surface area (Å²) in [5.74, 6) is 0. The first-order chi connectivity index (χ1) is 7.25. The van der Waals surface area contributed by atoms with E-state index in [4.69, 9.17) is 9.90 Å². The number of hydrogen-bond acceptors (Lipinski definition) is 2. The molecule has 2 heteroatoms. The normalized spacial score (nSPS) is 7.73. The van der Waals surface area contributed by atoms with Crippen molar-refractivity contribution in [3.8, 4) is 0 Å². The Labute approximate surface area is 92.3 Å². The molecule has 1 aromatic carbocycles. The molecule has 0 radical (unpaired) electrons. The molecule has 0 amide bonds. The van der Waals surface area contributed by atoms with Crippen LogP contribution in [0.3, 0.4) is 0 Å². The summed E-state index contributed by atoms with van der Waals surface area (Å²) in [7, 11) is 0. The van der Waals surface area contributed by atoms with Crippen LogP contribution in [0.25, 0.3) is 5.57 Å². The van der Waals surface area contributed by atoms with Crippen LogP contribution >= 0.6 is 0 Å².